The van der Waals surface area contributed by atoms with Gasteiger partial charge in [-0.05, 0) is 42.1 Å². The summed E-state index contributed by atoms with van der Waals surface area (Å²) in [4.78, 5) is 24.7. The zero-order valence-corrected chi connectivity index (χ0v) is 18.4. The topological polar surface area (TPSA) is 92.8 Å². The molecule has 0 bridgehead atoms. The summed E-state index contributed by atoms with van der Waals surface area (Å²) in [5, 5.41) is 4.31. The lowest BCUT2D eigenvalue weighted by Crippen LogP contribution is -2.38. The second kappa shape index (κ2) is 9.75. The maximum Gasteiger partial charge on any atom is 0.338 e. The summed E-state index contributed by atoms with van der Waals surface area (Å²) in [6, 6.07) is 7.77. The highest BCUT2D eigenvalue weighted by Crippen LogP contribution is 2.28. The largest absolute Gasteiger partial charge is 0.462 e. The molecule has 1 amide bonds. The second-order valence-electron chi connectivity index (χ2n) is 6.30. The van der Waals surface area contributed by atoms with Gasteiger partial charge in [-0.15, -0.1) is 11.3 Å². The van der Waals surface area contributed by atoms with Gasteiger partial charge in [-0.1, -0.05) is 6.92 Å². The van der Waals surface area contributed by atoms with Crippen LogP contribution in [0.3, 0.4) is 0 Å². The lowest BCUT2D eigenvalue weighted by Gasteiger charge is -2.25. The van der Waals surface area contributed by atoms with Crippen LogP contribution in [0, 0.1) is 0 Å². The lowest BCUT2D eigenvalue weighted by atomic mass is 10.2. The molecule has 156 valence electrons. The number of sulfonamides is 1. The molecule has 0 radical (unpaired) electrons. The van der Waals surface area contributed by atoms with Crippen molar-refractivity contribution >= 4 is 50.7 Å². The third kappa shape index (κ3) is 5.19. The van der Waals surface area contributed by atoms with Crippen LogP contribution in [0.2, 0.25) is 0 Å². The van der Waals surface area contributed by atoms with Gasteiger partial charge in [-0.25, -0.2) is 13.2 Å². The number of carbonyl (C=O) groups is 2. The average molecular weight is 455 g/mol. The van der Waals surface area contributed by atoms with Crippen molar-refractivity contribution in [3.05, 3.63) is 46.2 Å². The maximum atomic E-state index is 12.9. The molecule has 1 saturated heterocycles. The summed E-state index contributed by atoms with van der Waals surface area (Å²) < 4.78 is 32.3. The van der Waals surface area contributed by atoms with Crippen LogP contribution in [0.15, 0.2) is 40.6 Å². The van der Waals surface area contributed by atoms with Crippen LogP contribution < -0.4 is 5.32 Å². The molecule has 2 aromatic rings. The number of hydrogen-bond donors (Lipinski definition) is 1. The van der Waals surface area contributed by atoms with E-state index in [1.165, 1.54) is 10.4 Å². The van der Waals surface area contributed by atoms with E-state index >= 15 is 0 Å². The van der Waals surface area contributed by atoms with Gasteiger partial charge >= 0.3 is 5.97 Å². The third-order valence-electron chi connectivity index (χ3n) is 4.24. The summed E-state index contributed by atoms with van der Waals surface area (Å²) >= 11 is 2.80. The van der Waals surface area contributed by atoms with Crippen LogP contribution in [0.1, 0.15) is 33.4 Å². The number of ether oxygens (including phenoxy) is 1. The molecular weight excluding hydrogens is 432 g/mol. The van der Waals surface area contributed by atoms with E-state index in [-0.39, 0.29) is 9.77 Å². The van der Waals surface area contributed by atoms with E-state index in [1.807, 2.05) is 6.92 Å². The lowest BCUT2D eigenvalue weighted by molar-refractivity contribution is 0.0505. The van der Waals surface area contributed by atoms with Crippen molar-refractivity contribution in [2.24, 2.45) is 0 Å². The molecule has 3 rings (SSSR count). The monoisotopic (exact) mass is 454 g/mol. The Labute approximate surface area is 178 Å². The maximum absolute atomic E-state index is 12.9. The molecule has 2 heterocycles. The van der Waals surface area contributed by atoms with Crippen LogP contribution in [0.5, 0.6) is 0 Å². The zero-order chi connectivity index (χ0) is 20.9. The molecule has 1 aromatic heterocycles. The molecule has 29 heavy (non-hydrogen) atoms. The molecule has 1 N–H and O–H groups in total. The average Bonchev–Trinajstić information content (AvgIpc) is 3.24. The highest BCUT2D eigenvalue weighted by Gasteiger charge is 2.31. The number of esters is 1. The molecule has 1 fully saturated rings. The number of anilines is 1. The smallest absolute Gasteiger partial charge is 0.338 e. The van der Waals surface area contributed by atoms with Crippen LogP contribution in [0.4, 0.5) is 5.69 Å². The first-order valence-electron chi connectivity index (χ1n) is 9.17. The second-order valence-corrected chi connectivity index (χ2v) is 10.3. The van der Waals surface area contributed by atoms with Crippen molar-refractivity contribution in [2.75, 3.05) is 36.5 Å². The van der Waals surface area contributed by atoms with Crippen LogP contribution in [-0.4, -0.2) is 55.8 Å². The van der Waals surface area contributed by atoms with Crippen LogP contribution in [0.25, 0.3) is 0 Å². The highest BCUT2D eigenvalue weighted by molar-refractivity contribution is 7.99. The van der Waals surface area contributed by atoms with E-state index in [4.69, 9.17) is 4.74 Å². The molecule has 0 atom stereocenters. The Balaban J connectivity index is 1.72. The Kier molecular flexibility index (Phi) is 7.33. The Morgan fingerprint density at radius 1 is 1.14 bits per heavy atom. The van der Waals surface area contributed by atoms with Crippen molar-refractivity contribution in [1.29, 1.82) is 0 Å². The van der Waals surface area contributed by atoms with Crippen LogP contribution >= 0.6 is 23.1 Å². The summed E-state index contributed by atoms with van der Waals surface area (Å²) in [5.74, 6) is 0.581. The minimum atomic E-state index is -3.71. The van der Waals surface area contributed by atoms with Crippen molar-refractivity contribution < 1.29 is 22.7 Å². The summed E-state index contributed by atoms with van der Waals surface area (Å²) in [7, 11) is -3.71. The van der Waals surface area contributed by atoms with E-state index in [0.29, 0.717) is 30.9 Å². The molecule has 0 spiro atoms. The fourth-order valence-electron chi connectivity index (χ4n) is 2.75. The Morgan fingerprint density at radius 2 is 1.83 bits per heavy atom. The standard InChI is InChI=1S/C19H22N2O5S3/c1-2-10-26-19(23)14-3-5-15(6-4-14)20-18(22)17-16(7-11-28-17)29(24,25)21-8-12-27-13-9-21/h3-7,11H,2,8-10,12-13H2,1H3,(H,20,22). The van der Waals surface area contributed by atoms with E-state index in [0.717, 1.165) is 29.3 Å². The number of benzene rings is 1. The van der Waals surface area contributed by atoms with Gasteiger partial charge in [0.25, 0.3) is 5.91 Å². The minimum Gasteiger partial charge on any atom is -0.462 e. The van der Waals surface area contributed by atoms with E-state index in [2.05, 4.69) is 5.32 Å². The van der Waals surface area contributed by atoms with Gasteiger partial charge in [-0.3, -0.25) is 4.79 Å². The molecule has 1 aromatic carbocycles. The Hall–Kier alpha value is -1.88. The van der Waals surface area contributed by atoms with Crippen molar-refractivity contribution in [1.82, 2.24) is 4.31 Å². The van der Waals surface area contributed by atoms with Crippen molar-refractivity contribution in [3.63, 3.8) is 0 Å². The zero-order valence-electron chi connectivity index (χ0n) is 15.9. The fourth-order valence-corrected chi connectivity index (χ4v) is 6.62. The highest BCUT2D eigenvalue weighted by atomic mass is 32.2. The number of thiophene rings is 1. The van der Waals surface area contributed by atoms with Gasteiger partial charge in [0, 0.05) is 30.3 Å². The summed E-state index contributed by atoms with van der Waals surface area (Å²) in [5.41, 5.74) is 0.854. The van der Waals surface area contributed by atoms with Crippen molar-refractivity contribution in [3.8, 4) is 0 Å². The van der Waals surface area contributed by atoms with Gasteiger partial charge in [-0.2, -0.15) is 16.1 Å². The van der Waals surface area contributed by atoms with Gasteiger partial charge in [0.1, 0.15) is 9.77 Å². The molecule has 0 saturated carbocycles. The number of hydrogen-bond acceptors (Lipinski definition) is 7. The quantitative estimate of drug-likeness (QED) is 0.646. The number of nitrogens with zero attached hydrogens (tertiary/aromatic N) is 1. The van der Waals surface area contributed by atoms with Gasteiger partial charge in [0.2, 0.25) is 10.0 Å². The van der Waals surface area contributed by atoms with Gasteiger partial charge < -0.3 is 10.1 Å². The first kappa shape index (κ1) is 21.8. The van der Waals surface area contributed by atoms with E-state index < -0.39 is 21.9 Å². The molecule has 0 aliphatic carbocycles. The Bertz CT molecular complexity index is 964. The molecular formula is C19H22N2O5S3. The van der Waals surface area contributed by atoms with E-state index in [9.17, 15) is 18.0 Å². The van der Waals surface area contributed by atoms with Gasteiger partial charge in [0.05, 0.1) is 12.2 Å². The first-order chi connectivity index (χ1) is 13.9. The van der Waals surface area contributed by atoms with Gasteiger partial charge in [0.15, 0.2) is 0 Å². The predicted octanol–water partition coefficient (Wildman–Crippen LogP) is 3.30. The number of rotatable bonds is 7. The van der Waals surface area contributed by atoms with Crippen molar-refractivity contribution in [2.45, 2.75) is 18.2 Å². The number of thioether (sulfide) groups is 1. The molecule has 10 heteroatoms. The third-order valence-corrected chi connectivity index (χ3v) is 8.16. The minimum absolute atomic E-state index is 0.0339. The molecule has 1 aliphatic heterocycles. The molecule has 7 nitrogen and oxygen atoms in total. The van der Waals surface area contributed by atoms with Crippen LogP contribution in [-0.2, 0) is 14.8 Å². The number of carbonyl (C=O) groups excluding carboxylic acids is 2. The SMILES string of the molecule is CCCOC(=O)c1ccc(NC(=O)c2sccc2S(=O)(=O)N2CCSCC2)cc1. The molecule has 1 aliphatic rings. The normalized spacial score (nSPS) is 15.1. The number of amides is 1. The fraction of sp³-hybridized carbons (Fsp3) is 0.368. The molecule has 0 unspecified atom stereocenters. The first-order valence-corrected chi connectivity index (χ1v) is 12.6. The van der Waals surface area contributed by atoms with E-state index in [1.54, 1.807) is 41.4 Å². The summed E-state index contributed by atoms with van der Waals surface area (Å²) in [6.07, 6.45) is 0.738. The Morgan fingerprint density at radius 3 is 2.48 bits per heavy atom. The summed E-state index contributed by atoms with van der Waals surface area (Å²) in [6.45, 7) is 3.15. The number of nitrogens with one attached hydrogen (secondary N) is 1. The predicted molar refractivity (Wildman–Crippen MR) is 115 cm³/mol.